The van der Waals surface area contributed by atoms with E-state index in [4.69, 9.17) is 0 Å². The van der Waals surface area contributed by atoms with Crippen LogP contribution in [0.4, 0.5) is 4.39 Å². The van der Waals surface area contributed by atoms with Gasteiger partial charge in [0.2, 0.25) is 0 Å². The quantitative estimate of drug-likeness (QED) is 0.596. The molecular formula is C11H16FNS. The molecule has 1 aromatic carbocycles. The summed E-state index contributed by atoms with van der Waals surface area (Å²) in [6, 6.07) is 7.23. The number of rotatable bonds is 5. The van der Waals surface area contributed by atoms with E-state index in [0.29, 0.717) is 6.04 Å². The molecule has 0 amide bonds. The van der Waals surface area contributed by atoms with Gasteiger partial charge in [-0.25, -0.2) is 4.39 Å². The molecule has 0 atom stereocenters. The minimum absolute atomic E-state index is 0.160. The van der Waals surface area contributed by atoms with E-state index in [-0.39, 0.29) is 5.82 Å². The fourth-order valence-corrected chi connectivity index (χ4v) is 1.90. The van der Waals surface area contributed by atoms with Crippen molar-refractivity contribution in [3.63, 3.8) is 0 Å². The summed E-state index contributed by atoms with van der Waals surface area (Å²) in [5.41, 5.74) is 0. The topological polar surface area (TPSA) is 12.0 Å². The minimum atomic E-state index is -0.160. The first-order valence-electron chi connectivity index (χ1n) is 4.80. The van der Waals surface area contributed by atoms with Crippen molar-refractivity contribution in [1.82, 2.24) is 5.32 Å². The number of benzene rings is 1. The molecule has 0 aliphatic rings. The van der Waals surface area contributed by atoms with E-state index in [9.17, 15) is 4.39 Å². The van der Waals surface area contributed by atoms with Crippen LogP contribution in [0.3, 0.4) is 0 Å². The molecule has 14 heavy (non-hydrogen) atoms. The van der Waals surface area contributed by atoms with Crippen LogP contribution in [0.5, 0.6) is 0 Å². The molecule has 1 N–H and O–H groups in total. The van der Waals surface area contributed by atoms with Gasteiger partial charge in [0.25, 0.3) is 0 Å². The monoisotopic (exact) mass is 213 g/mol. The third-order valence-electron chi connectivity index (χ3n) is 1.72. The molecule has 1 aromatic rings. The molecule has 0 aromatic heterocycles. The highest BCUT2D eigenvalue weighted by atomic mass is 32.2. The average Bonchev–Trinajstić information content (AvgIpc) is 2.12. The summed E-state index contributed by atoms with van der Waals surface area (Å²) in [4.78, 5) is 0.996. The first-order chi connectivity index (χ1) is 6.68. The maximum Gasteiger partial charge on any atom is 0.124 e. The Balaban J connectivity index is 2.25. The highest BCUT2D eigenvalue weighted by molar-refractivity contribution is 7.99. The lowest BCUT2D eigenvalue weighted by molar-refractivity contribution is 0.615. The predicted molar refractivity (Wildman–Crippen MR) is 60.3 cm³/mol. The van der Waals surface area contributed by atoms with Crippen molar-refractivity contribution >= 4 is 11.8 Å². The zero-order valence-electron chi connectivity index (χ0n) is 8.59. The molecule has 78 valence electrons. The molecule has 0 unspecified atom stereocenters. The Hall–Kier alpha value is -0.540. The van der Waals surface area contributed by atoms with Crippen LogP contribution in [-0.4, -0.2) is 18.3 Å². The normalized spacial score (nSPS) is 10.9. The summed E-state index contributed by atoms with van der Waals surface area (Å²) in [6.07, 6.45) is 0. The highest BCUT2D eigenvalue weighted by Gasteiger charge is 1.96. The van der Waals surface area contributed by atoms with Gasteiger partial charge in [-0.15, -0.1) is 11.8 Å². The Kier molecular flexibility index (Phi) is 4.98. The largest absolute Gasteiger partial charge is 0.314 e. The maximum atomic E-state index is 12.8. The van der Waals surface area contributed by atoms with Gasteiger partial charge < -0.3 is 5.32 Å². The van der Waals surface area contributed by atoms with Gasteiger partial charge in [-0.05, 0) is 18.2 Å². The summed E-state index contributed by atoms with van der Waals surface area (Å²) in [5.74, 6) is 0.813. The number of halogens is 1. The van der Waals surface area contributed by atoms with Crippen molar-refractivity contribution < 1.29 is 4.39 Å². The zero-order valence-corrected chi connectivity index (χ0v) is 9.40. The SMILES string of the molecule is CC(C)NCCSc1cccc(F)c1. The van der Waals surface area contributed by atoms with Crippen molar-refractivity contribution in [1.29, 1.82) is 0 Å². The van der Waals surface area contributed by atoms with Gasteiger partial charge in [0.15, 0.2) is 0 Å². The molecule has 0 saturated heterocycles. The lowest BCUT2D eigenvalue weighted by Gasteiger charge is -2.07. The lowest BCUT2D eigenvalue weighted by Crippen LogP contribution is -2.24. The summed E-state index contributed by atoms with van der Waals surface area (Å²) in [7, 11) is 0. The number of nitrogens with one attached hydrogen (secondary N) is 1. The Labute approximate surface area is 89.1 Å². The Morgan fingerprint density at radius 1 is 1.43 bits per heavy atom. The smallest absolute Gasteiger partial charge is 0.124 e. The van der Waals surface area contributed by atoms with Crippen LogP contribution < -0.4 is 5.32 Å². The molecule has 0 bridgehead atoms. The Morgan fingerprint density at radius 2 is 2.21 bits per heavy atom. The molecule has 1 nitrogen and oxygen atoms in total. The van der Waals surface area contributed by atoms with E-state index < -0.39 is 0 Å². The van der Waals surface area contributed by atoms with Gasteiger partial charge in [0.1, 0.15) is 5.82 Å². The van der Waals surface area contributed by atoms with Gasteiger partial charge in [-0.3, -0.25) is 0 Å². The van der Waals surface area contributed by atoms with Crippen LogP contribution in [0.2, 0.25) is 0 Å². The fourth-order valence-electron chi connectivity index (χ4n) is 1.07. The van der Waals surface area contributed by atoms with E-state index in [0.717, 1.165) is 17.2 Å². The molecule has 3 heteroatoms. The fraction of sp³-hybridized carbons (Fsp3) is 0.455. The van der Waals surface area contributed by atoms with Crippen molar-refractivity contribution in [3.8, 4) is 0 Å². The standard InChI is InChI=1S/C11H16FNS/c1-9(2)13-6-7-14-11-5-3-4-10(12)8-11/h3-5,8-9,13H,6-7H2,1-2H3. The second-order valence-corrected chi connectivity index (χ2v) is 4.58. The van der Waals surface area contributed by atoms with Gasteiger partial charge in [0, 0.05) is 23.2 Å². The van der Waals surface area contributed by atoms with Crippen LogP contribution in [-0.2, 0) is 0 Å². The van der Waals surface area contributed by atoms with E-state index in [1.54, 1.807) is 23.9 Å². The van der Waals surface area contributed by atoms with Crippen LogP contribution in [0, 0.1) is 5.82 Å². The molecule has 1 rings (SSSR count). The first-order valence-corrected chi connectivity index (χ1v) is 5.79. The Morgan fingerprint density at radius 3 is 2.86 bits per heavy atom. The third-order valence-corrected chi connectivity index (χ3v) is 2.71. The van der Waals surface area contributed by atoms with Crippen molar-refractivity contribution in [2.75, 3.05) is 12.3 Å². The van der Waals surface area contributed by atoms with Gasteiger partial charge in [0.05, 0.1) is 0 Å². The molecule has 0 spiro atoms. The second kappa shape index (κ2) is 6.04. The number of thioether (sulfide) groups is 1. The van der Waals surface area contributed by atoms with Crippen LogP contribution in [0.15, 0.2) is 29.2 Å². The summed E-state index contributed by atoms with van der Waals surface area (Å²) in [6.45, 7) is 5.19. The number of hydrogen-bond donors (Lipinski definition) is 1. The summed E-state index contributed by atoms with van der Waals surface area (Å²) >= 11 is 1.67. The van der Waals surface area contributed by atoms with Crippen LogP contribution in [0.25, 0.3) is 0 Å². The summed E-state index contributed by atoms with van der Waals surface area (Å²) < 4.78 is 12.8. The van der Waals surface area contributed by atoms with Gasteiger partial charge >= 0.3 is 0 Å². The molecular weight excluding hydrogens is 197 g/mol. The van der Waals surface area contributed by atoms with E-state index in [1.807, 2.05) is 6.07 Å². The molecule has 0 aliphatic heterocycles. The van der Waals surface area contributed by atoms with Crippen molar-refractivity contribution in [2.45, 2.75) is 24.8 Å². The molecule has 0 saturated carbocycles. The van der Waals surface area contributed by atoms with Crippen molar-refractivity contribution in [3.05, 3.63) is 30.1 Å². The lowest BCUT2D eigenvalue weighted by atomic mass is 10.4. The first kappa shape index (κ1) is 11.5. The maximum absolute atomic E-state index is 12.8. The predicted octanol–water partition coefficient (Wildman–Crippen LogP) is 2.92. The van der Waals surface area contributed by atoms with Crippen LogP contribution in [0.1, 0.15) is 13.8 Å². The second-order valence-electron chi connectivity index (χ2n) is 3.41. The minimum Gasteiger partial charge on any atom is -0.314 e. The highest BCUT2D eigenvalue weighted by Crippen LogP contribution is 2.17. The molecule has 0 fully saturated rings. The molecule has 0 heterocycles. The number of hydrogen-bond acceptors (Lipinski definition) is 2. The molecule has 0 radical (unpaired) electrons. The third kappa shape index (κ3) is 4.63. The summed E-state index contributed by atoms with van der Waals surface area (Å²) in [5, 5.41) is 3.32. The van der Waals surface area contributed by atoms with Gasteiger partial charge in [-0.2, -0.15) is 0 Å². The van der Waals surface area contributed by atoms with Crippen molar-refractivity contribution in [2.24, 2.45) is 0 Å². The van der Waals surface area contributed by atoms with Crippen LogP contribution >= 0.6 is 11.8 Å². The average molecular weight is 213 g/mol. The van der Waals surface area contributed by atoms with E-state index in [2.05, 4.69) is 19.2 Å². The van der Waals surface area contributed by atoms with Gasteiger partial charge in [-0.1, -0.05) is 19.9 Å². The van der Waals surface area contributed by atoms with E-state index in [1.165, 1.54) is 6.07 Å². The Bertz CT molecular complexity index is 276. The van der Waals surface area contributed by atoms with E-state index >= 15 is 0 Å². The molecule has 0 aliphatic carbocycles. The zero-order chi connectivity index (χ0) is 10.4.